The smallest absolute Gasteiger partial charge is 0.225 e. The lowest BCUT2D eigenvalue weighted by molar-refractivity contribution is 0.871. The summed E-state index contributed by atoms with van der Waals surface area (Å²) < 4.78 is 0. The minimum Gasteiger partial charge on any atom is -0.352 e. The van der Waals surface area contributed by atoms with Gasteiger partial charge in [-0.1, -0.05) is 30.0 Å². The Hall–Kier alpha value is -2.98. The van der Waals surface area contributed by atoms with Crippen LogP contribution >= 0.6 is 11.8 Å². The van der Waals surface area contributed by atoms with Gasteiger partial charge in [0.15, 0.2) is 0 Å². The maximum Gasteiger partial charge on any atom is 0.225 e. The molecule has 0 fully saturated rings. The molecule has 27 heavy (non-hydrogen) atoms. The summed E-state index contributed by atoms with van der Waals surface area (Å²) in [6.45, 7) is 6.03. The van der Waals surface area contributed by atoms with Crippen LogP contribution in [0.25, 0.3) is 5.57 Å². The molecule has 1 aromatic heterocycles. The van der Waals surface area contributed by atoms with Gasteiger partial charge in [-0.05, 0) is 38.3 Å². The summed E-state index contributed by atoms with van der Waals surface area (Å²) in [4.78, 5) is 11.2. The Labute approximate surface area is 164 Å². The quantitative estimate of drug-likeness (QED) is 0.744. The number of hydrogen-bond acceptors (Lipinski definition) is 7. The van der Waals surface area contributed by atoms with Crippen LogP contribution in [-0.4, -0.2) is 23.1 Å². The number of anilines is 3. The van der Waals surface area contributed by atoms with Crippen molar-refractivity contribution in [1.82, 2.24) is 15.3 Å². The van der Waals surface area contributed by atoms with E-state index < -0.39 is 0 Å². The van der Waals surface area contributed by atoms with Gasteiger partial charge < -0.3 is 15.5 Å². The van der Waals surface area contributed by atoms with Crippen LogP contribution in [0, 0.1) is 11.3 Å². The normalized spacial score (nSPS) is 15.0. The zero-order valence-electron chi connectivity index (χ0n) is 15.8. The zero-order chi connectivity index (χ0) is 19.4. The van der Waals surface area contributed by atoms with E-state index >= 15 is 0 Å². The van der Waals surface area contributed by atoms with E-state index in [0.717, 1.165) is 22.2 Å². The first-order valence-corrected chi connectivity index (χ1v) is 9.55. The fourth-order valence-corrected chi connectivity index (χ4v) is 3.41. The van der Waals surface area contributed by atoms with Crippen LogP contribution in [0.1, 0.15) is 26.5 Å². The second-order valence-corrected chi connectivity index (χ2v) is 7.37. The molecule has 1 aliphatic rings. The van der Waals surface area contributed by atoms with E-state index in [2.05, 4.69) is 26.7 Å². The summed E-state index contributed by atoms with van der Waals surface area (Å²) in [6, 6.07) is 14.3. The lowest BCUT2D eigenvalue weighted by Crippen LogP contribution is -2.17. The zero-order valence-corrected chi connectivity index (χ0v) is 16.6. The number of thioether (sulfide) groups is 1. The highest BCUT2D eigenvalue weighted by molar-refractivity contribution is 8.06. The molecule has 0 saturated carbocycles. The largest absolute Gasteiger partial charge is 0.352 e. The molecule has 0 bridgehead atoms. The molecule has 0 spiro atoms. The summed E-state index contributed by atoms with van der Waals surface area (Å²) in [7, 11) is 1.95. The van der Waals surface area contributed by atoms with Gasteiger partial charge in [0.05, 0.1) is 10.7 Å². The molecule has 6 nitrogen and oxygen atoms in total. The summed E-state index contributed by atoms with van der Waals surface area (Å²) in [5, 5.41) is 19.0. The van der Waals surface area contributed by atoms with Crippen molar-refractivity contribution in [3.05, 3.63) is 58.2 Å². The van der Waals surface area contributed by atoms with Gasteiger partial charge in [-0.15, -0.1) is 0 Å². The van der Waals surface area contributed by atoms with E-state index in [0.29, 0.717) is 17.2 Å². The number of hydrogen-bond donors (Lipinski definition) is 2. The predicted molar refractivity (Wildman–Crippen MR) is 112 cm³/mol. The van der Waals surface area contributed by atoms with E-state index in [-0.39, 0.29) is 6.04 Å². The maximum absolute atomic E-state index is 9.77. The molecule has 1 aliphatic heterocycles. The Bertz CT molecular complexity index is 927. The Morgan fingerprint density at radius 1 is 1.26 bits per heavy atom. The predicted octanol–water partition coefficient (Wildman–Crippen LogP) is 4.45. The van der Waals surface area contributed by atoms with Crippen molar-refractivity contribution in [2.24, 2.45) is 0 Å². The first-order valence-electron chi connectivity index (χ1n) is 8.67. The number of nitrogens with zero attached hydrogens (tertiary/aromatic N) is 4. The monoisotopic (exact) mass is 378 g/mol. The van der Waals surface area contributed by atoms with Crippen LogP contribution in [0.5, 0.6) is 0 Å². The van der Waals surface area contributed by atoms with Crippen molar-refractivity contribution in [2.45, 2.75) is 26.8 Å². The molecule has 3 rings (SSSR count). The van der Waals surface area contributed by atoms with Crippen molar-refractivity contribution in [3.63, 3.8) is 0 Å². The third-order valence-corrected chi connectivity index (χ3v) is 4.89. The van der Waals surface area contributed by atoms with Gasteiger partial charge in [0, 0.05) is 30.5 Å². The SMILES string of the molecule is CC1=CS/C(=C(/C#N)c2cc(N(C)c3ccccc3)nc(NC(C)C)n2)N1. The van der Waals surface area contributed by atoms with Crippen LogP contribution in [0.2, 0.25) is 0 Å². The number of rotatable bonds is 5. The number of nitriles is 1. The number of aromatic nitrogens is 2. The molecule has 2 heterocycles. The minimum atomic E-state index is 0.177. The summed E-state index contributed by atoms with van der Waals surface area (Å²) in [5.74, 6) is 1.22. The summed E-state index contributed by atoms with van der Waals surface area (Å²) >= 11 is 1.50. The molecule has 0 aliphatic carbocycles. The van der Waals surface area contributed by atoms with Crippen molar-refractivity contribution in [3.8, 4) is 6.07 Å². The van der Waals surface area contributed by atoms with Crippen molar-refractivity contribution < 1.29 is 0 Å². The number of benzene rings is 1. The van der Waals surface area contributed by atoms with Gasteiger partial charge >= 0.3 is 0 Å². The molecule has 0 unspecified atom stereocenters. The molecule has 1 aromatic carbocycles. The molecule has 138 valence electrons. The molecule has 0 saturated heterocycles. The summed E-state index contributed by atoms with van der Waals surface area (Å²) in [5.41, 5.74) is 3.12. The first kappa shape index (κ1) is 18.8. The van der Waals surface area contributed by atoms with Crippen LogP contribution in [-0.2, 0) is 0 Å². The average Bonchev–Trinajstić information content (AvgIpc) is 3.07. The second kappa shape index (κ2) is 8.14. The van der Waals surface area contributed by atoms with E-state index in [1.807, 2.05) is 74.5 Å². The molecular weight excluding hydrogens is 356 g/mol. The molecular formula is C20H22N6S. The van der Waals surface area contributed by atoms with Crippen molar-refractivity contribution >= 4 is 34.8 Å². The molecule has 7 heteroatoms. The third kappa shape index (κ3) is 4.41. The van der Waals surface area contributed by atoms with E-state index in [9.17, 15) is 5.26 Å². The van der Waals surface area contributed by atoms with E-state index in [4.69, 9.17) is 0 Å². The average molecular weight is 379 g/mol. The van der Waals surface area contributed by atoms with Gasteiger partial charge in [-0.2, -0.15) is 10.2 Å². The van der Waals surface area contributed by atoms with Crippen LogP contribution in [0.4, 0.5) is 17.5 Å². The standard InChI is InChI=1S/C20H22N6S/c1-13(2)22-20-24-17(16(11-21)19-23-14(3)12-27-19)10-18(25-20)26(4)15-8-6-5-7-9-15/h5-10,12-13,23H,1-4H3,(H,22,24,25)/b19-16-. The summed E-state index contributed by atoms with van der Waals surface area (Å²) in [6.07, 6.45) is 0. The topological polar surface area (TPSA) is 76.9 Å². The Kier molecular flexibility index (Phi) is 5.67. The Balaban J connectivity index is 2.07. The van der Waals surface area contributed by atoms with Gasteiger partial charge in [0.25, 0.3) is 0 Å². The molecule has 2 aromatic rings. The maximum atomic E-state index is 9.77. The number of para-hydroxylation sites is 1. The third-order valence-electron chi connectivity index (χ3n) is 3.88. The minimum absolute atomic E-state index is 0.177. The van der Waals surface area contributed by atoms with Crippen LogP contribution in [0.3, 0.4) is 0 Å². The van der Waals surface area contributed by atoms with Gasteiger partial charge in [0.2, 0.25) is 5.95 Å². The van der Waals surface area contributed by atoms with E-state index in [1.54, 1.807) is 0 Å². The van der Waals surface area contributed by atoms with Crippen molar-refractivity contribution in [2.75, 3.05) is 17.3 Å². The van der Waals surface area contributed by atoms with Gasteiger partial charge in [-0.3, -0.25) is 0 Å². The second-order valence-electron chi connectivity index (χ2n) is 6.49. The van der Waals surface area contributed by atoms with Crippen LogP contribution in [0.15, 0.2) is 52.5 Å². The van der Waals surface area contributed by atoms with Gasteiger partial charge in [-0.25, -0.2) is 4.98 Å². The van der Waals surface area contributed by atoms with Crippen LogP contribution < -0.4 is 15.5 Å². The lowest BCUT2D eigenvalue weighted by Gasteiger charge is -2.20. The van der Waals surface area contributed by atoms with Crippen molar-refractivity contribution in [1.29, 1.82) is 5.26 Å². The van der Waals surface area contributed by atoms with E-state index in [1.165, 1.54) is 11.8 Å². The molecule has 0 atom stereocenters. The molecule has 2 N–H and O–H groups in total. The first-order chi connectivity index (χ1) is 13.0. The number of nitrogens with one attached hydrogen (secondary N) is 2. The fourth-order valence-electron chi connectivity index (χ4n) is 2.57. The highest BCUT2D eigenvalue weighted by atomic mass is 32.2. The highest BCUT2D eigenvalue weighted by Crippen LogP contribution is 2.32. The Morgan fingerprint density at radius 3 is 2.59 bits per heavy atom. The molecule has 0 amide bonds. The lowest BCUT2D eigenvalue weighted by atomic mass is 10.2. The Morgan fingerprint density at radius 2 is 2.00 bits per heavy atom. The number of allylic oxidation sites excluding steroid dienone is 2. The highest BCUT2D eigenvalue weighted by Gasteiger charge is 2.19. The molecule has 0 radical (unpaired) electrons. The van der Waals surface area contributed by atoms with Gasteiger partial charge in [0.1, 0.15) is 17.5 Å². The fraction of sp³-hybridized carbons (Fsp3) is 0.250.